The van der Waals surface area contributed by atoms with E-state index in [1.165, 1.54) is 0 Å². The van der Waals surface area contributed by atoms with Gasteiger partial charge >= 0.3 is 0 Å². The van der Waals surface area contributed by atoms with Gasteiger partial charge in [0.05, 0.1) is 0 Å². The van der Waals surface area contributed by atoms with Gasteiger partial charge in [-0.3, -0.25) is 4.79 Å². The Hall–Kier alpha value is -1.10. The van der Waals surface area contributed by atoms with E-state index in [-0.39, 0.29) is 24.0 Å². The average Bonchev–Trinajstić information content (AvgIpc) is 3.27. The summed E-state index contributed by atoms with van der Waals surface area (Å²) in [5, 5.41) is 0.726. The van der Waals surface area contributed by atoms with Crippen molar-refractivity contribution in [3.05, 3.63) is 34.9 Å². The van der Waals surface area contributed by atoms with Crippen molar-refractivity contribution in [1.29, 1.82) is 0 Å². The standard InChI is InChI=1S/C15H18ClNO3/c16-13-6-2-1-5-10(13)11-9-12(11)15(18)17-20-14-7-3-4-8-19-14/h1-2,5-6,11-12,14H,3-4,7-9H2,(H,17,18). The summed E-state index contributed by atoms with van der Waals surface area (Å²) >= 11 is 6.15. The largest absolute Gasteiger partial charge is 0.350 e. The van der Waals surface area contributed by atoms with E-state index in [2.05, 4.69) is 5.48 Å². The van der Waals surface area contributed by atoms with Gasteiger partial charge in [0.25, 0.3) is 0 Å². The summed E-state index contributed by atoms with van der Waals surface area (Å²) in [6.45, 7) is 0.701. The average molecular weight is 296 g/mol. The van der Waals surface area contributed by atoms with Crippen molar-refractivity contribution in [2.24, 2.45) is 5.92 Å². The molecule has 1 saturated heterocycles. The Kier molecular flexibility index (Phi) is 4.24. The zero-order valence-corrected chi connectivity index (χ0v) is 11.9. The third-order valence-electron chi connectivity index (χ3n) is 3.86. The van der Waals surface area contributed by atoms with Crippen molar-refractivity contribution in [3.8, 4) is 0 Å². The molecule has 1 amide bonds. The number of carbonyl (C=O) groups is 1. The van der Waals surface area contributed by atoms with Crippen molar-refractivity contribution in [1.82, 2.24) is 5.48 Å². The number of benzene rings is 1. The van der Waals surface area contributed by atoms with Gasteiger partial charge in [0, 0.05) is 24.0 Å². The molecular weight excluding hydrogens is 278 g/mol. The van der Waals surface area contributed by atoms with Gasteiger partial charge in [-0.1, -0.05) is 29.8 Å². The maximum absolute atomic E-state index is 12.0. The first-order valence-corrected chi connectivity index (χ1v) is 7.45. The van der Waals surface area contributed by atoms with Crippen LogP contribution in [0.2, 0.25) is 5.02 Å². The molecule has 3 atom stereocenters. The van der Waals surface area contributed by atoms with Crippen molar-refractivity contribution in [3.63, 3.8) is 0 Å². The first-order valence-electron chi connectivity index (χ1n) is 7.07. The van der Waals surface area contributed by atoms with E-state index >= 15 is 0 Å². The van der Waals surface area contributed by atoms with E-state index in [1.54, 1.807) is 0 Å². The molecule has 0 spiro atoms. The molecule has 3 rings (SSSR count). The normalized spacial score (nSPS) is 28.9. The predicted molar refractivity (Wildman–Crippen MR) is 75.1 cm³/mol. The number of ether oxygens (including phenoxy) is 1. The second-order valence-electron chi connectivity index (χ2n) is 5.35. The second kappa shape index (κ2) is 6.12. The maximum Gasteiger partial charge on any atom is 0.247 e. The minimum atomic E-state index is -0.301. The number of hydroxylamine groups is 1. The molecule has 0 radical (unpaired) electrons. The third-order valence-corrected chi connectivity index (χ3v) is 4.20. The Labute approximate surface area is 123 Å². The van der Waals surface area contributed by atoms with Crippen LogP contribution in [0.25, 0.3) is 0 Å². The molecular formula is C15H18ClNO3. The van der Waals surface area contributed by atoms with E-state index < -0.39 is 0 Å². The quantitative estimate of drug-likeness (QED) is 0.869. The monoisotopic (exact) mass is 295 g/mol. The first kappa shape index (κ1) is 13.9. The smallest absolute Gasteiger partial charge is 0.247 e. The molecule has 0 aromatic heterocycles. The van der Waals surface area contributed by atoms with Crippen LogP contribution in [-0.4, -0.2) is 18.8 Å². The highest BCUT2D eigenvalue weighted by Gasteiger charge is 2.45. The Bertz CT molecular complexity index is 488. The van der Waals surface area contributed by atoms with Crippen LogP contribution in [0.5, 0.6) is 0 Å². The highest BCUT2D eigenvalue weighted by molar-refractivity contribution is 6.31. The number of carbonyl (C=O) groups excluding carboxylic acids is 1. The van der Waals surface area contributed by atoms with Crippen LogP contribution in [0.4, 0.5) is 0 Å². The summed E-state index contributed by atoms with van der Waals surface area (Å²) in [6.07, 6.45) is 3.49. The van der Waals surface area contributed by atoms with Crippen LogP contribution in [0.15, 0.2) is 24.3 Å². The minimum Gasteiger partial charge on any atom is -0.350 e. The van der Waals surface area contributed by atoms with Crippen LogP contribution < -0.4 is 5.48 Å². The van der Waals surface area contributed by atoms with Crippen molar-refractivity contribution in [2.45, 2.75) is 37.9 Å². The lowest BCUT2D eigenvalue weighted by atomic mass is 10.1. The van der Waals surface area contributed by atoms with Gasteiger partial charge in [0.2, 0.25) is 5.91 Å². The lowest BCUT2D eigenvalue weighted by Crippen LogP contribution is -2.34. The van der Waals surface area contributed by atoms with Gasteiger partial charge in [-0.05, 0) is 36.8 Å². The fourth-order valence-corrected chi connectivity index (χ4v) is 2.88. The van der Waals surface area contributed by atoms with Gasteiger partial charge < -0.3 is 4.74 Å². The molecule has 108 valence electrons. The van der Waals surface area contributed by atoms with E-state index in [1.807, 2.05) is 24.3 Å². The number of amides is 1. The van der Waals surface area contributed by atoms with Crippen LogP contribution in [-0.2, 0) is 14.4 Å². The SMILES string of the molecule is O=C(NOC1CCCCO1)C1CC1c1ccccc1Cl. The van der Waals surface area contributed by atoms with Crippen molar-refractivity contribution in [2.75, 3.05) is 6.61 Å². The third kappa shape index (κ3) is 3.14. The minimum absolute atomic E-state index is 0.0431. The van der Waals surface area contributed by atoms with E-state index in [0.29, 0.717) is 6.61 Å². The number of nitrogens with one attached hydrogen (secondary N) is 1. The molecule has 1 aliphatic heterocycles. The van der Waals surface area contributed by atoms with Crippen LogP contribution in [0, 0.1) is 5.92 Å². The fourth-order valence-electron chi connectivity index (χ4n) is 2.61. The number of halogens is 1. The fraction of sp³-hybridized carbons (Fsp3) is 0.533. The molecule has 20 heavy (non-hydrogen) atoms. The van der Waals surface area contributed by atoms with Gasteiger partial charge in [0.15, 0.2) is 6.29 Å². The molecule has 1 aromatic rings. The number of hydrogen-bond acceptors (Lipinski definition) is 3. The summed E-state index contributed by atoms with van der Waals surface area (Å²) in [4.78, 5) is 17.3. The summed E-state index contributed by atoms with van der Waals surface area (Å²) in [7, 11) is 0. The van der Waals surface area contributed by atoms with Crippen LogP contribution in [0.1, 0.15) is 37.2 Å². The van der Waals surface area contributed by atoms with Crippen LogP contribution in [0.3, 0.4) is 0 Å². The molecule has 1 aromatic carbocycles. The van der Waals surface area contributed by atoms with E-state index in [4.69, 9.17) is 21.2 Å². The summed E-state index contributed by atoms with van der Waals surface area (Å²) in [6, 6.07) is 7.68. The van der Waals surface area contributed by atoms with E-state index in [0.717, 1.165) is 36.3 Å². The van der Waals surface area contributed by atoms with Crippen LogP contribution >= 0.6 is 11.6 Å². The van der Waals surface area contributed by atoms with Gasteiger partial charge in [-0.2, -0.15) is 0 Å². The first-order chi connectivity index (χ1) is 9.75. The van der Waals surface area contributed by atoms with Gasteiger partial charge in [-0.15, -0.1) is 0 Å². The predicted octanol–water partition coefficient (Wildman–Crippen LogP) is 3.02. The topological polar surface area (TPSA) is 47.6 Å². The zero-order chi connectivity index (χ0) is 13.9. The van der Waals surface area contributed by atoms with Gasteiger partial charge in [-0.25, -0.2) is 10.3 Å². The lowest BCUT2D eigenvalue weighted by Gasteiger charge is -2.22. The molecule has 1 aliphatic carbocycles. The molecule has 5 heteroatoms. The van der Waals surface area contributed by atoms with E-state index in [9.17, 15) is 4.79 Å². The summed E-state index contributed by atoms with van der Waals surface area (Å²) in [5.41, 5.74) is 3.57. The Balaban J connectivity index is 1.49. The number of hydrogen-bond donors (Lipinski definition) is 1. The molecule has 2 fully saturated rings. The Morgan fingerprint density at radius 2 is 2.20 bits per heavy atom. The molecule has 0 bridgehead atoms. The highest BCUT2D eigenvalue weighted by Crippen LogP contribution is 2.49. The lowest BCUT2D eigenvalue weighted by molar-refractivity contribution is -0.201. The molecule has 2 aliphatic rings. The molecule has 1 N–H and O–H groups in total. The van der Waals surface area contributed by atoms with Crippen molar-refractivity contribution < 1.29 is 14.4 Å². The Morgan fingerprint density at radius 1 is 1.35 bits per heavy atom. The molecule has 3 unspecified atom stereocenters. The summed E-state index contributed by atoms with van der Waals surface area (Å²) in [5.74, 6) is 0.0853. The maximum atomic E-state index is 12.0. The van der Waals surface area contributed by atoms with Crippen molar-refractivity contribution >= 4 is 17.5 Å². The van der Waals surface area contributed by atoms with Gasteiger partial charge in [0.1, 0.15) is 0 Å². The zero-order valence-electron chi connectivity index (χ0n) is 11.2. The molecule has 1 heterocycles. The molecule has 1 saturated carbocycles. The molecule has 4 nitrogen and oxygen atoms in total. The highest BCUT2D eigenvalue weighted by atomic mass is 35.5. The Morgan fingerprint density at radius 3 is 2.95 bits per heavy atom. The number of rotatable bonds is 4. The summed E-state index contributed by atoms with van der Waals surface area (Å²) < 4.78 is 5.40. The second-order valence-corrected chi connectivity index (χ2v) is 5.76.